The van der Waals surface area contributed by atoms with E-state index in [1.54, 1.807) is 6.92 Å². The van der Waals surface area contributed by atoms with Crippen molar-refractivity contribution in [2.24, 2.45) is 0 Å². The first kappa shape index (κ1) is 9.01. The van der Waals surface area contributed by atoms with Crippen molar-refractivity contribution in [3.63, 3.8) is 0 Å². The van der Waals surface area contributed by atoms with Gasteiger partial charge >= 0.3 is 5.97 Å². The normalized spacial score (nSPS) is 12.3. The van der Waals surface area contributed by atoms with Gasteiger partial charge in [-0.15, -0.1) is 0 Å². The third-order valence-electron chi connectivity index (χ3n) is 1.12. The van der Waals surface area contributed by atoms with Gasteiger partial charge in [-0.1, -0.05) is 0 Å². The van der Waals surface area contributed by atoms with Crippen molar-refractivity contribution in [3.05, 3.63) is 11.3 Å². The van der Waals surface area contributed by atoms with Crippen LogP contribution in [-0.4, -0.2) is 17.7 Å². The van der Waals surface area contributed by atoms with Gasteiger partial charge in [0.25, 0.3) is 0 Å². The Morgan fingerprint density at radius 2 is 2.00 bits per heavy atom. The van der Waals surface area contributed by atoms with E-state index >= 15 is 0 Å². The smallest absolute Gasteiger partial charge is 0.337 e. The Labute approximate surface area is 60.3 Å². The summed E-state index contributed by atoms with van der Waals surface area (Å²) in [5, 5.41) is 8.80. The number of ether oxygens (including phenoxy) is 1. The first-order valence-corrected chi connectivity index (χ1v) is 3.13. The predicted octanol–water partition coefficient (Wildman–Crippen LogP) is 1.40. The van der Waals surface area contributed by atoms with Crippen molar-refractivity contribution in [2.75, 3.05) is 6.61 Å². The van der Waals surface area contributed by atoms with Gasteiger partial charge in [0.2, 0.25) is 0 Å². The topological polar surface area (TPSA) is 46.5 Å². The third-order valence-corrected chi connectivity index (χ3v) is 1.12. The van der Waals surface area contributed by atoms with Crippen molar-refractivity contribution in [1.82, 2.24) is 0 Å². The van der Waals surface area contributed by atoms with Crippen LogP contribution >= 0.6 is 0 Å². The molecule has 0 aromatic carbocycles. The lowest BCUT2D eigenvalue weighted by Crippen LogP contribution is -2.06. The van der Waals surface area contributed by atoms with Crippen molar-refractivity contribution < 1.29 is 14.6 Å². The van der Waals surface area contributed by atoms with Gasteiger partial charge in [-0.05, 0) is 20.8 Å². The van der Waals surface area contributed by atoms with Gasteiger partial charge in [0.15, 0.2) is 0 Å². The molecule has 0 radical (unpaired) electrons. The van der Waals surface area contributed by atoms with Crippen molar-refractivity contribution >= 4 is 5.97 Å². The highest BCUT2D eigenvalue weighted by Crippen LogP contribution is 2.01. The van der Waals surface area contributed by atoms with Crippen LogP contribution in [0.1, 0.15) is 20.8 Å². The minimum absolute atomic E-state index is 0.0125. The Kier molecular flexibility index (Phi) is 3.54. The molecule has 0 unspecified atom stereocenters. The summed E-state index contributed by atoms with van der Waals surface area (Å²) in [5.74, 6) is -0.444. The summed E-state index contributed by atoms with van der Waals surface area (Å²) < 4.78 is 4.61. The van der Waals surface area contributed by atoms with Crippen LogP contribution < -0.4 is 0 Å². The molecule has 0 aliphatic rings. The zero-order valence-corrected chi connectivity index (χ0v) is 6.47. The highest BCUT2D eigenvalue weighted by atomic mass is 16.5. The summed E-state index contributed by atoms with van der Waals surface area (Å²) in [7, 11) is 0. The molecule has 0 aliphatic carbocycles. The minimum atomic E-state index is -0.456. The summed E-state index contributed by atoms with van der Waals surface area (Å²) in [6.45, 7) is 5.03. The standard InChI is InChI=1S/C7H12O3/c1-4-10-7(9)5(2)6(3)8/h8H,4H2,1-3H3. The average Bonchev–Trinajstić information content (AvgIpc) is 1.87. The second-order valence-corrected chi connectivity index (χ2v) is 1.93. The van der Waals surface area contributed by atoms with E-state index in [2.05, 4.69) is 4.74 Å². The van der Waals surface area contributed by atoms with Gasteiger partial charge in [0, 0.05) is 0 Å². The van der Waals surface area contributed by atoms with Crippen LogP contribution in [0.4, 0.5) is 0 Å². The molecule has 0 spiro atoms. The molecule has 0 saturated carbocycles. The monoisotopic (exact) mass is 144 g/mol. The number of carbonyl (C=O) groups excluding carboxylic acids is 1. The number of esters is 1. The third kappa shape index (κ3) is 2.53. The summed E-state index contributed by atoms with van der Waals surface area (Å²) >= 11 is 0. The second-order valence-electron chi connectivity index (χ2n) is 1.93. The van der Waals surface area contributed by atoms with Crippen LogP contribution in [0.5, 0.6) is 0 Å². The van der Waals surface area contributed by atoms with Crippen molar-refractivity contribution in [3.8, 4) is 0 Å². The van der Waals surface area contributed by atoms with E-state index in [-0.39, 0.29) is 11.3 Å². The summed E-state index contributed by atoms with van der Waals surface area (Å²) in [4.78, 5) is 10.7. The first-order chi connectivity index (χ1) is 4.59. The lowest BCUT2D eigenvalue weighted by atomic mass is 10.3. The lowest BCUT2D eigenvalue weighted by molar-refractivity contribution is -0.138. The Hall–Kier alpha value is -0.990. The average molecular weight is 144 g/mol. The van der Waals surface area contributed by atoms with Gasteiger partial charge in [-0.2, -0.15) is 0 Å². The molecule has 0 rings (SSSR count). The Morgan fingerprint density at radius 1 is 1.50 bits per heavy atom. The Bertz CT molecular complexity index is 154. The molecule has 3 heteroatoms. The van der Waals surface area contributed by atoms with Gasteiger partial charge in [0.1, 0.15) is 0 Å². The fourth-order valence-electron chi connectivity index (χ4n) is 0.387. The van der Waals surface area contributed by atoms with Crippen LogP contribution in [0.2, 0.25) is 0 Å². The zero-order chi connectivity index (χ0) is 8.15. The molecule has 0 aromatic heterocycles. The van der Waals surface area contributed by atoms with E-state index in [1.807, 2.05) is 0 Å². The molecule has 0 saturated heterocycles. The number of carbonyl (C=O) groups is 1. The van der Waals surface area contributed by atoms with Gasteiger partial charge in [-0.3, -0.25) is 0 Å². The van der Waals surface area contributed by atoms with Crippen LogP contribution in [0.15, 0.2) is 11.3 Å². The van der Waals surface area contributed by atoms with Crippen molar-refractivity contribution in [1.29, 1.82) is 0 Å². The largest absolute Gasteiger partial charge is 0.512 e. The molecule has 10 heavy (non-hydrogen) atoms. The second kappa shape index (κ2) is 3.93. The molecule has 0 heterocycles. The SMILES string of the molecule is CCOC(=O)C(C)=C(C)O. The Balaban J connectivity index is 4.09. The molecule has 0 aromatic rings. The number of aliphatic hydroxyl groups is 1. The van der Waals surface area contributed by atoms with E-state index in [9.17, 15) is 4.79 Å². The summed E-state index contributed by atoms with van der Waals surface area (Å²) in [6, 6.07) is 0. The van der Waals surface area contributed by atoms with Crippen LogP contribution in [0.25, 0.3) is 0 Å². The molecular weight excluding hydrogens is 132 g/mol. The van der Waals surface area contributed by atoms with E-state index in [0.717, 1.165) is 0 Å². The first-order valence-electron chi connectivity index (χ1n) is 3.13. The maximum atomic E-state index is 10.7. The Morgan fingerprint density at radius 3 is 2.30 bits per heavy atom. The molecule has 0 atom stereocenters. The molecule has 0 amide bonds. The maximum Gasteiger partial charge on any atom is 0.337 e. The van der Waals surface area contributed by atoms with E-state index in [4.69, 9.17) is 5.11 Å². The van der Waals surface area contributed by atoms with Gasteiger partial charge in [-0.25, -0.2) is 4.79 Å². The lowest BCUT2D eigenvalue weighted by Gasteiger charge is -2.00. The zero-order valence-electron chi connectivity index (χ0n) is 6.47. The van der Waals surface area contributed by atoms with Gasteiger partial charge in [0.05, 0.1) is 17.9 Å². The minimum Gasteiger partial charge on any atom is -0.512 e. The summed E-state index contributed by atoms with van der Waals surface area (Å²) in [6.07, 6.45) is 0. The fraction of sp³-hybridized carbons (Fsp3) is 0.571. The summed E-state index contributed by atoms with van der Waals surface area (Å²) in [5.41, 5.74) is 0.266. The number of aliphatic hydroxyl groups excluding tert-OH is 1. The van der Waals surface area contributed by atoms with E-state index in [0.29, 0.717) is 6.61 Å². The molecule has 0 bridgehead atoms. The number of hydrogen-bond donors (Lipinski definition) is 1. The number of hydrogen-bond acceptors (Lipinski definition) is 3. The molecule has 0 fully saturated rings. The molecular formula is C7H12O3. The van der Waals surface area contributed by atoms with E-state index < -0.39 is 5.97 Å². The maximum absolute atomic E-state index is 10.7. The highest BCUT2D eigenvalue weighted by Gasteiger charge is 2.06. The predicted molar refractivity (Wildman–Crippen MR) is 37.6 cm³/mol. The molecule has 3 nitrogen and oxygen atoms in total. The molecule has 0 aliphatic heterocycles. The quantitative estimate of drug-likeness (QED) is 0.362. The number of rotatable bonds is 2. The van der Waals surface area contributed by atoms with E-state index in [1.165, 1.54) is 13.8 Å². The van der Waals surface area contributed by atoms with Crippen LogP contribution in [0, 0.1) is 0 Å². The molecule has 1 N–H and O–H groups in total. The fourth-order valence-corrected chi connectivity index (χ4v) is 0.387. The van der Waals surface area contributed by atoms with Crippen molar-refractivity contribution in [2.45, 2.75) is 20.8 Å². The number of allylic oxidation sites excluding steroid dienone is 1. The highest BCUT2D eigenvalue weighted by molar-refractivity contribution is 5.88. The molecule has 58 valence electrons. The van der Waals surface area contributed by atoms with Gasteiger partial charge < -0.3 is 9.84 Å². The van der Waals surface area contributed by atoms with Crippen LogP contribution in [0.3, 0.4) is 0 Å². The van der Waals surface area contributed by atoms with Crippen LogP contribution in [-0.2, 0) is 9.53 Å².